The van der Waals surface area contributed by atoms with E-state index in [4.69, 9.17) is 14.2 Å². The Morgan fingerprint density at radius 1 is 1.47 bits per heavy atom. The van der Waals surface area contributed by atoms with Crippen LogP contribution in [0.3, 0.4) is 0 Å². The van der Waals surface area contributed by atoms with Crippen molar-refractivity contribution in [3.05, 3.63) is 0 Å². The van der Waals surface area contributed by atoms with E-state index in [1.165, 1.54) is 5.75 Å². The summed E-state index contributed by atoms with van der Waals surface area (Å²) in [5, 5.41) is 10.8. The van der Waals surface area contributed by atoms with Gasteiger partial charge in [0.15, 0.2) is 6.29 Å². The number of aliphatic hydroxyl groups is 1. The molecule has 2 aliphatic rings. The van der Waals surface area contributed by atoms with E-state index in [1.54, 1.807) is 14.2 Å². The summed E-state index contributed by atoms with van der Waals surface area (Å²) in [6.07, 6.45) is 3.15. The van der Waals surface area contributed by atoms with Crippen LogP contribution in [0.5, 0.6) is 0 Å². The minimum Gasteiger partial charge on any atom is -0.390 e. The molecule has 19 heavy (non-hydrogen) atoms. The molecule has 2 saturated heterocycles. The largest absolute Gasteiger partial charge is 0.390 e. The van der Waals surface area contributed by atoms with Gasteiger partial charge in [-0.25, -0.2) is 0 Å². The molecule has 2 aliphatic heterocycles. The van der Waals surface area contributed by atoms with E-state index in [2.05, 4.69) is 0 Å². The highest BCUT2D eigenvalue weighted by Crippen LogP contribution is 2.44. The highest BCUT2D eigenvalue weighted by molar-refractivity contribution is 7.99. The number of thioether (sulfide) groups is 1. The Balaban J connectivity index is 1.99. The predicted molar refractivity (Wildman–Crippen MR) is 76.4 cm³/mol. The molecule has 1 N–H and O–H groups in total. The first-order valence-corrected chi connectivity index (χ1v) is 8.16. The second-order valence-corrected chi connectivity index (χ2v) is 7.09. The number of ether oxygens (including phenoxy) is 3. The van der Waals surface area contributed by atoms with Gasteiger partial charge < -0.3 is 19.3 Å². The molecule has 2 fully saturated rings. The third-order valence-corrected chi connectivity index (χ3v) is 5.77. The van der Waals surface area contributed by atoms with Crippen molar-refractivity contribution < 1.29 is 19.3 Å². The van der Waals surface area contributed by atoms with Crippen LogP contribution in [0.15, 0.2) is 0 Å². The van der Waals surface area contributed by atoms with Crippen molar-refractivity contribution in [3.63, 3.8) is 0 Å². The summed E-state index contributed by atoms with van der Waals surface area (Å²) in [4.78, 5) is 0. The van der Waals surface area contributed by atoms with Crippen LogP contribution in [0.25, 0.3) is 0 Å². The molecule has 0 radical (unpaired) electrons. The van der Waals surface area contributed by atoms with Gasteiger partial charge in [0.1, 0.15) is 0 Å². The van der Waals surface area contributed by atoms with E-state index < -0.39 is 5.60 Å². The summed E-state index contributed by atoms with van der Waals surface area (Å²) in [5.74, 6) is 2.50. The Morgan fingerprint density at radius 2 is 2.21 bits per heavy atom. The number of hydrogen-bond donors (Lipinski definition) is 1. The monoisotopic (exact) mass is 290 g/mol. The fourth-order valence-electron chi connectivity index (χ4n) is 3.19. The first-order chi connectivity index (χ1) is 9.01. The van der Waals surface area contributed by atoms with Gasteiger partial charge in [-0.05, 0) is 37.9 Å². The fourth-order valence-corrected chi connectivity index (χ4v) is 4.57. The normalized spacial score (nSPS) is 34.9. The molecule has 4 nitrogen and oxygen atoms in total. The average Bonchev–Trinajstić information content (AvgIpc) is 2.84. The molecule has 0 bridgehead atoms. The van der Waals surface area contributed by atoms with Gasteiger partial charge in [-0.3, -0.25) is 0 Å². The van der Waals surface area contributed by atoms with Crippen LogP contribution in [-0.4, -0.2) is 54.9 Å². The van der Waals surface area contributed by atoms with Crippen molar-refractivity contribution in [2.24, 2.45) is 5.92 Å². The molecule has 0 saturated carbocycles. The van der Waals surface area contributed by atoms with Gasteiger partial charge in [0.2, 0.25) is 0 Å². The maximum atomic E-state index is 10.8. The van der Waals surface area contributed by atoms with Crippen molar-refractivity contribution in [2.45, 2.75) is 50.1 Å². The SMILES string of the molecule is COC(CC(C)(O)C1CCOC2(CCSC2)C1)OC. The Labute approximate surface area is 120 Å². The molecule has 0 aliphatic carbocycles. The maximum Gasteiger partial charge on any atom is 0.159 e. The molecule has 0 amide bonds. The zero-order valence-electron chi connectivity index (χ0n) is 12.2. The maximum absolute atomic E-state index is 10.8. The lowest BCUT2D eigenvalue weighted by Gasteiger charge is -2.44. The lowest BCUT2D eigenvalue weighted by atomic mass is 9.75. The van der Waals surface area contributed by atoms with E-state index in [-0.39, 0.29) is 17.8 Å². The number of methoxy groups -OCH3 is 2. The number of hydrogen-bond acceptors (Lipinski definition) is 5. The van der Waals surface area contributed by atoms with Gasteiger partial charge in [-0.2, -0.15) is 11.8 Å². The predicted octanol–water partition coefficient (Wildman–Crippen LogP) is 2.05. The average molecular weight is 290 g/mol. The molecule has 0 aromatic carbocycles. The first kappa shape index (κ1) is 15.6. The van der Waals surface area contributed by atoms with Gasteiger partial charge in [0.25, 0.3) is 0 Å². The second kappa shape index (κ2) is 6.31. The Hall–Kier alpha value is 0.190. The smallest absolute Gasteiger partial charge is 0.159 e. The van der Waals surface area contributed by atoms with Gasteiger partial charge in [-0.15, -0.1) is 0 Å². The van der Waals surface area contributed by atoms with Crippen molar-refractivity contribution >= 4 is 11.8 Å². The first-order valence-electron chi connectivity index (χ1n) is 7.01. The van der Waals surface area contributed by atoms with Crippen LogP contribution in [0.2, 0.25) is 0 Å². The zero-order valence-corrected chi connectivity index (χ0v) is 13.0. The Morgan fingerprint density at radius 3 is 2.79 bits per heavy atom. The molecule has 112 valence electrons. The summed E-state index contributed by atoms with van der Waals surface area (Å²) < 4.78 is 16.5. The number of rotatable bonds is 5. The molecule has 0 aromatic rings. The molecule has 0 aromatic heterocycles. The van der Waals surface area contributed by atoms with Gasteiger partial charge in [0, 0.05) is 33.0 Å². The van der Waals surface area contributed by atoms with Crippen molar-refractivity contribution in [1.82, 2.24) is 0 Å². The van der Waals surface area contributed by atoms with Gasteiger partial charge in [-0.1, -0.05) is 0 Å². The third kappa shape index (κ3) is 3.64. The Kier molecular flexibility index (Phi) is 5.17. The van der Waals surface area contributed by atoms with Crippen LogP contribution in [-0.2, 0) is 14.2 Å². The molecular formula is C14H26O4S. The quantitative estimate of drug-likeness (QED) is 0.785. The van der Waals surface area contributed by atoms with Crippen molar-refractivity contribution in [1.29, 1.82) is 0 Å². The molecule has 2 rings (SSSR count). The summed E-state index contributed by atoms with van der Waals surface area (Å²) >= 11 is 1.96. The summed E-state index contributed by atoms with van der Waals surface area (Å²) in [6.45, 7) is 2.66. The minimum atomic E-state index is -0.763. The molecular weight excluding hydrogens is 264 g/mol. The lowest BCUT2D eigenvalue weighted by Crippen LogP contribution is -2.48. The summed E-state index contributed by atoms with van der Waals surface area (Å²) in [5.41, 5.74) is -0.756. The highest BCUT2D eigenvalue weighted by Gasteiger charge is 2.46. The van der Waals surface area contributed by atoms with Crippen LogP contribution in [0, 0.1) is 5.92 Å². The van der Waals surface area contributed by atoms with E-state index in [9.17, 15) is 5.11 Å². The topological polar surface area (TPSA) is 47.9 Å². The second-order valence-electron chi connectivity index (χ2n) is 5.99. The highest BCUT2D eigenvalue weighted by atomic mass is 32.2. The third-order valence-electron chi connectivity index (χ3n) is 4.55. The van der Waals surface area contributed by atoms with Crippen LogP contribution >= 0.6 is 11.8 Å². The van der Waals surface area contributed by atoms with E-state index in [0.717, 1.165) is 31.6 Å². The standard InChI is InChI=1S/C14H26O4S/c1-13(15,9-12(16-2)17-3)11-4-6-18-14(8-11)5-7-19-10-14/h11-12,15H,4-10H2,1-3H3. The Bertz CT molecular complexity index is 285. The zero-order chi connectivity index (χ0) is 13.9. The van der Waals surface area contributed by atoms with Crippen molar-refractivity contribution in [3.8, 4) is 0 Å². The summed E-state index contributed by atoms with van der Waals surface area (Å²) in [7, 11) is 3.23. The van der Waals surface area contributed by atoms with Crippen LogP contribution in [0.1, 0.15) is 32.6 Å². The molecule has 2 heterocycles. The van der Waals surface area contributed by atoms with Crippen molar-refractivity contribution in [2.75, 3.05) is 32.3 Å². The van der Waals surface area contributed by atoms with E-state index in [1.807, 2.05) is 18.7 Å². The van der Waals surface area contributed by atoms with Crippen LogP contribution < -0.4 is 0 Å². The molecule has 1 spiro atoms. The molecule has 3 atom stereocenters. The van der Waals surface area contributed by atoms with E-state index in [0.29, 0.717) is 6.42 Å². The van der Waals surface area contributed by atoms with Gasteiger partial charge in [0.05, 0.1) is 11.2 Å². The van der Waals surface area contributed by atoms with Crippen LogP contribution in [0.4, 0.5) is 0 Å². The lowest BCUT2D eigenvalue weighted by molar-refractivity contribution is -0.174. The summed E-state index contributed by atoms with van der Waals surface area (Å²) in [6, 6.07) is 0. The van der Waals surface area contributed by atoms with E-state index >= 15 is 0 Å². The molecule has 5 heteroatoms. The minimum absolute atomic E-state index is 0.00716. The molecule has 3 unspecified atom stereocenters. The fraction of sp³-hybridized carbons (Fsp3) is 1.00. The van der Waals surface area contributed by atoms with Gasteiger partial charge >= 0.3 is 0 Å².